The summed E-state index contributed by atoms with van der Waals surface area (Å²) in [5.41, 5.74) is 2.10. The molecule has 0 aliphatic heterocycles. The lowest BCUT2D eigenvalue weighted by molar-refractivity contribution is 0.335. The van der Waals surface area contributed by atoms with Crippen LogP contribution in [-0.2, 0) is 6.42 Å². The number of hydrogen-bond donors (Lipinski definition) is 2. The first-order valence-electron chi connectivity index (χ1n) is 7.72. The van der Waals surface area contributed by atoms with E-state index in [4.69, 9.17) is 9.47 Å². The molecule has 0 aliphatic rings. The predicted octanol–water partition coefficient (Wildman–Crippen LogP) is 3.59. The standard InChI is InChI=1S/C19H18N2O4/c1-12-6-5-7-13(10-12)11-16-20-18(22)17(19(23)21-16)25-15-9-4-3-8-14(15)24-2/h3-10H,11H2,1-2H3,(H2,20,21,22,23). The quantitative estimate of drug-likeness (QED) is 0.739. The van der Waals surface area contributed by atoms with Gasteiger partial charge in [0.15, 0.2) is 11.5 Å². The average Bonchev–Trinajstić information content (AvgIpc) is 2.58. The van der Waals surface area contributed by atoms with Crippen LogP contribution in [-0.4, -0.2) is 27.3 Å². The Balaban J connectivity index is 1.87. The van der Waals surface area contributed by atoms with Gasteiger partial charge in [-0.3, -0.25) is 0 Å². The number of ether oxygens (including phenoxy) is 2. The van der Waals surface area contributed by atoms with E-state index < -0.39 is 11.8 Å². The minimum Gasteiger partial charge on any atom is -0.493 e. The van der Waals surface area contributed by atoms with E-state index in [0.29, 0.717) is 23.7 Å². The van der Waals surface area contributed by atoms with Crippen molar-refractivity contribution in [2.24, 2.45) is 0 Å². The van der Waals surface area contributed by atoms with Crippen molar-refractivity contribution < 1.29 is 19.7 Å². The molecule has 0 fully saturated rings. The highest BCUT2D eigenvalue weighted by atomic mass is 16.5. The maximum atomic E-state index is 10.2. The molecule has 0 spiro atoms. The van der Waals surface area contributed by atoms with Gasteiger partial charge in [-0.1, -0.05) is 42.0 Å². The van der Waals surface area contributed by atoms with E-state index in [1.807, 2.05) is 31.2 Å². The van der Waals surface area contributed by atoms with Gasteiger partial charge in [-0.25, -0.2) is 0 Å². The molecule has 0 aliphatic carbocycles. The molecule has 1 heterocycles. The molecule has 2 N–H and O–H groups in total. The number of benzene rings is 2. The third-order valence-electron chi connectivity index (χ3n) is 3.60. The highest BCUT2D eigenvalue weighted by Crippen LogP contribution is 2.39. The molecule has 0 atom stereocenters. The molecule has 0 amide bonds. The Labute approximate surface area is 145 Å². The lowest BCUT2D eigenvalue weighted by Gasteiger charge is -2.12. The number of aryl methyl sites for hydroxylation is 1. The van der Waals surface area contributed by atoms with Crippen molar-refractivity contribution in [3.05, 3.63) is 65.5 Å². The summed E-state index contributed by atoms with van der Waals surface area (Å²) in [5.74, 6) is 0.0309. The molecule has 6 nitrogen and oxygen atoms in total. The van der Waals surface area contributed by atoms with Gasteiger partial charge in [0.05, 0.1) is 7.11 Å². The van der Waals surface area contributed by atoms with Crippen LogP contribution in [0.4, 0.5) is 0 Å². The summed E-state index contributed by atoms with van der Waals surface area (Å²) in [5, 5.41) is 20.3. The van der Waals surface area contributed by atoms with Crippen LogP contribution in [0.25, 0.3) is 0 Å². The first-order valence-corrected chi connectivity index (χ1v) is 7.72. The summed E-state index contributed by atoms with van der Waals surface area (Å²) in [7, 11) is 1.50. The number of para-hydroxylation sites is 2. The molecule has 6 heteroatoms. The zero-order valence-electron chi connectivity index (χ0n) is 13.9. The zero-order valence-corrected chi connectivity index (χ0v) is 13.9. The first-order chi connectivity index (χ1) is 12.1. The van der Waals surface area contributed by atoms with E-state index in [-0.39, 0.29) is 5.75 Å². The third kappa shape index (κ3) is 3.80. The van der Waals surface area contributed by atoms with E-state index in [2.05, 4.69) is 9.97 Å². The third-order valence-corrected chi connectivity index (χ3v) is 3.60. The molecule has 3 rings (SSSR count). The van der Waals surface area contributed by atoms with Crippen LogP contribution in [0.3, 0.4) is 0 Å². The van der Waals surface area contributed by atoms with Gasteiger partial charge in [0.25, 0.3) is 17.5 Å². The van der Waals surface area contributed by atoms with E-state index in [1.165, 1.54) is 7.11 Å². The summed E-state index contributed by atoms with van der Waals surface area (Å²) >= 11 is 0. The van der Waals surface area contributed by atoms with Crippen LogP contribution < -0.4 is 9.47 Å². The van der Waals surface area contributed by atoms with Crippen molar-refractivity contribution in [3.63, 3.8) is 0 Å². The fourth-order valence-corrected chi connectivity index (χ4v) is 2.46. The zero-order chi connectivity index (χ0) is 17.8. The Morgan fingerprint density at radius 1 is 0.920 bits per heavy atom. The summed E-state index contributed by atoms with van der Waals surface area (Å²) < 4.78 is 10.7. The predicted molar refractivity (Wildman–Crippen MR) is 92.4 cm³/mol. The van der Waals surface area contributed by atoms with Crippen LogP contribution in [0, 0.1) is 6.92 Å². The molecule has 3 aromatic rings. The van der Waals surface area contributed by atoms with E-state index >= 15 is 0 Å². The number of nitrogens with zero attached hydrogens (tertiary/aromatic N) is 2. The number of rotatable bonds is 5. The number of aromatic hydroxyl groups is 2. The lowest BCUT2D eigenvalue weighted by atomic mass is 10.1. The van der Waals surface area contributed by atoms with E-state index in [1.54, 1.807) is 24.3 Å². The highest BCUT2D eigenvalue weighted by molar-refractivity contribution is 5.48. The Morgan fingerprint density at radius 3 is 2.24 bits per heavy atom. The van der Waals surface area contributed by atoms with Crippen LogP contribution in [0.5, 0.6) is 29.0 Å². The Kier molecular flexibility index (Phi) is 4.70. The van der Waals surface area contributed by atoms with Gasteiger partial charge >= 0.3 is 0 Å². The molecule has 0 bridgehead atoms. The molecular weight excluding hydrogens is 320 g/mol. The van der Waals surface area contributed by atoms with Crippen molar-refractivity contribution in [2.75, 3.05) is 7.11 Å². The minimum atomic E-state index is -0.430. The molecule has 0 radical (unpaired) electrons. The second-order valence-electron chi connectivity index (χ2n) is 5.53. The van der Waals surface area contributed by atoms with Crippen LogP contribution in [0.15, 0.2) is 48.5 Å². The monoisotopic (exact) mass is 338 g/mol. The maximum absolute atomic E-state index is 10.2. The van der Waals surface area contributed by atoms with Gasteiger partial charge in [0.2, 0.25) is 0 Å². The second kappa shape index (κ2) is 7.09. The van der Waals surface area contributed by atoms with Gasteiger partial charge in [0.1, 0.15) is 5.82 Å². The topological polar surface area (TPSA) is 84.7 Å². The van der Waals surface area contributed by atoms with Crippen molar-refractivity contribution >= 4 is 0 Å². The summed E-state index contributed by atoms with van der Waals surface area (Å²) in [6.07, 6.45) is 0.387. The summed E-state index contributed by atoms with van der Waals surface area (Å²) in [6.45, 7) is 1.99. The van der Waals surface area contributed by atoms with Gasteiger partial charge in [0, 0.05) is 6.42 Å². The SMILES string of the molecule is COc1ccccc1Oc1c(O)nc(Cc2cccc(C)c2)nc1O. The van der Waals surface area contributed by atoms with Crippen LogP contribution in [0.2, 0.25) is 0 Å². The lowest BCUT2D eigenvalue weighted by Crippen LogP contribution is -1.99. The molecule has 25 heavy (non-hydrogen) atoms. The summed E-state index contributed by atoms with van der Waals surface area (Å²) in [6, 6.07) is 14.7. The van der Waals surface area contributed by atoms with Crippen molar-refractivity contribution in [1.82, 2.24) is 9.97 Å². The smallest absolute Gasteiger partial charge is 0.262 e. The maximum Gasteiger partial charge on any atom is 0.262 e. The summed E-state index contributed by atoms with van der Waals surface area (Å²) in [4.78, 5) is 8.06. The molecule has 0 unspecified atom stereocenters. The number of aromatic nitrogens is 2. The largest absolute Gasteiger partial charge is 0.493 e. The highest BCUT2D eigenvalue weighted by Gasteiger charge is 2.18. The van der Waals surface area contributed by atoms with E-state index in [9.17, 15) is 10.2 Å². The molecule has 1 aromatic heterocycles. The van der Waals surface area contributed by atoms with Crippen molar-refractivity contribution in [3.8, 4) is 29.0 Å². The fraction of sp³-hybridized carbons (Fsp3) is 0.158. The van der Waals surface area contributed by atoms with Gasteiger partial charge in [-0.2, -0.15) is 9.97 Å². The first kappa shape index (κ1) is 16.6. The number of methoxy groups -OCH3 is 1. The van der Waals surface area contributed by atoms with Crippen molar-refractivity contribution in [1.29, 1.82) is 0 Å². The normalized spacial score (nSPS) is 10.5. The molecule has 0 saturated heterocycles. The molecule has 2 aromatic carbocycles. The Morgan fingerprint density at radius 2 is 1.60 bits per heavy atom. The van der Waals surface area contributed by atoms with Crippen LogP contribution in [0.1, 0.15) is 17.0 Å². The van der Waals surface area contributed by atoms with Gasteiger partial charge < -0.3 is 19.7 Å². The van der Waals surface area contributed by atoms with E-state index in [0.717, 1.165) is 11.1 Å². The number of hydrogen-bond acceptors (Lipinski definition) is 6. The molecule has 128 valence electrons. The second-order valence-corrected chi connectivity index (χ2v) is 5.53. The minimum absolute atomic E-state index is 0.211. The van der Waals surface area contributed by atoms with Crippen molar-refractivity contribution in [2.45, 2.75) is 13.3 Å². The van der Waals surface area contributed by atoms with Crippen LogP contribution >= 0.6 is 0 Å². The average molecular weight is 338 g/mol. The fourth-order valence-electron chi connectivity index (χ4n) is 2.46. The Hall–Kier alpha value is -3.28. The molecule has 0 saturated carbocycles. The Bertz CT molecular complexity index is 873. The van der Waals surface area contributed by atoms with Gasteiger partial charge in [-0.05, 0) is 24.6 Å². The molecular formula is C19H18N2O4. The van der Waals surface area contributed by atoms with Gasteiger partial charge in [-0.15, -0.1) is 0 Å².